The zero-order chi connectivity index (χ0) is 20.4. The first-order chi connectivity index (χ1) is 13.0. The number of thiocarbonyl (C=S) groups is 2. The molecule has 0 N–H and O–H groups in total. The van der Waals surface area contributed by atoms with Crippen LogP contribution in [0.3, 0.4) is 0 Å². The van der Waals surface area contributed by atoms with Gasteiger partial charge in [0.2, 0.25) is 0 Å². The van der Waals surface area contributed by atoms with E-state index in [2.05, 4.69) is 45.6 Å². The molecule has 5 heteroatoms. The van der Waals surface area contributed by atoms with Gasteiger partial charge in [0, 0.05) is 0 Å². The summed E-state index contributed by atoms with van der Waals surface area (Å²) in [6.45, 7) is 9.05. The van der Waals surface area contributed by atoms with Crippen molar-refractivity contribution in [1.82, 2.24) is 0 Å². The summed E-state index contributed by atoms with van der Waals surface area (Å²) in [5, 5.41) is 0. The van der Waals surface area contributed by atoms with Gasteiger partial charge in [-0.05, 0) is 0 Å². The Kier molecular flexibility index (Phi) is 20.9. The van der Waals surface area contributed by atoms with E-state index < -0.39 is 15.6 Å². The molecule has 0 spiro atoms. The number of unbranched alkanes of at least 4 members (excludes halogenated alkanes) is 10. The number of hydrogen-bond donors (Lipinski definition) is 0. The molecule has 0 aliphatic carbocycles. The Morgan fingerprint density at radius 3 is 1.22 bits per heavy atom. The predicted molar refractivity (Wildman–Crippen MR) is 143 cm³/mol. The van der Waals surface area contributed by atoms with E-state index in [1.807, 2.05) is 0 Å². The Labute approximate surface area is 191 Å². The molecule has 0 fully saturated rings. The molecule has 0 aliphatic heterocycles. The quantitative estimate of drug-likeness (QED) is 0.0937. The topological polar surface area (TPSA) is 0 Å². The van der Waals surface area contributed by atoms with Crippen LogP contribution < -0.4 is 0 Å². The van der Waals surface area contributed by atoms with Gasteiger partial charge in [-0.25, -0.2) is 0 Å². The van der Waals surface area contributed by atoms with E-state index >= 15 is 0 Å². The summed E-state index contributed by atoms with van der Waals surface area (Å²) >= 11 is 9.01. The van der Waals surface area contributed by atoms with Crippen LogP contribution in [0.4, 0.5) is 0 Å². The molecule has 0 aromatic heterocycles. The first-order valence-electron chi connectivity index (χ1n) is 11.5. The standard InChI is InChI=1S/2C8H17.2C3H6S2.Sn/c2*1-3-5-7-8-6-4-2;2*1-2-3(4)5;/h2*1,3-8H2,2H3;2*2H2,1H3,(H,4,5);/q;;;;+2/p-2. The zero-order valence-corrected chi connectivity index (χ0v) is 24.6. The molecule has 27 heavy (non-hydrogen) atoms. The van der Waals surface area contributed by atoms with E-state index in [9.17, 15) is 0 Å². The van der Waals surface area contributed by atoms with Crippen LogP contribution in [0.15, 0.2) is 0 Å². The molecule has 0 aliphatic rings. The Hall–Kier alpha value is 1.68. The van der Waals surface area contributed by atoms with Crippen LogP contribution in [-0.4, -0.2) is 24.0 Å². The molecule has 160 valence electrons. The van der Waals surface area contributed by atoms with Crippen molar-refractivity contribution >= 4 is 66.3 Å². The summed E-state index contributed by atoms with van der Waals surface area (Å²) < 4.78 is 5.44. The third-order valence-corrected chi connectivity index (χ3v) is 36.2. The van der Waals surface area contributed by atoms with Gasteiger partial charge in [-0.1, -0.05) is 0 Å². The molecule has 0 rings (SSSR count). The Bertz CT molecular complexity index is 349. The van der Waals surface area contributed by atoms with Crippen molar-refractivity contribution in [3.63, 3.8) is 0 Å². The average Bonchev–Trinajstić information content (AvgIpc) is 2.67. The van der Waals surface area contributed by atoms with Gasteiger partial charge in [0.05, 0.1) is 0 Å². The van der Waals surface area contributed by atoms with Gasteiger partial charge in [0.1, 0.15) is 0 Å². The van der Waals surface area contributed by atoms with Gasteiger partial charge in [0.25, 0.3) is 0 Å². The van der Waals surface area contributed by atoms with E-state index in [1.54, 1.807) is 0 Å². The Morgan fingerprint density at radius 2 is 0.889 bits per heavy atom. The zero-order valence-electron chi connectivity index (χ0n) is 18.4. The van der Waals surface area contributed by atoms with Gasteiger partial charge in [-0.3, -0.25) is 0 Å². The Balaban J connectivity index is 4.78. The van der Waals surface area contributed by atoms with Crippen LogP contribution in [0.1, 0.15) is 118 Å². The third kappa shape index (κ3) is 16.1. The maximum absolute atomic E-state index is 5.72. The second-order valence-electron chi connectivity index (χ2n) is 7.60. The second-order valence-corrected chi connectivity index (χ2v) is 34.3. The van der Waals surface area contributed by atoms with Gasteiger partial charge in [-0.2, -0.15) is 0 Å². The minimum atomic E-state index is -2.44. The molecule has 0 radical (unpaired) electrons. The van der Waals surface area contributed by atoms with Crippen LogP contribution in [0.25, 0.3) is 0 Å². The van der Waals surface area contributed by atoms with Gasteiger partial charge in [0.15, 0.2) is 0 Å². The molecule has 0 amide bonds. The van der Waals surface area contributed by atoms with E-state index in [4.69, 9.17) is 24.4 Å². The van der Waals surface area contributed by atoms with Crippen molar-refractivity contribution in [3.05, 3.63) is 0 Å². The molecule has 0 aromatic carbocycles. The summed E-state index contributed by atoms with van der Waals surface area (Å²) in [4.78, 5) is 0. The van der Waals surface area contributed by atoms with Crippen molar-refractivity contribution in [2.45, 2.75) is 126 Å². The fourth-order valence-electron chi connectivity index (χ4n) is 3.26. The summed E-state index contributed by atoms with van der Waals surface area (Å²) in [6.07, 6.45) is 18.9. The van der Waals surface area contributed by atoms with E-state index in [-0.39, 0.29) is 0 Å². The summed E-state index contributed by atoms with van der Waals surface area (Å²) in [5.41, 5.74) is 0. The van der Waals surface area contributed by atoms with Crippen LogP contribution in [0, 0.1) is 0 Å². The summed E-state index contributed by atoms with van der Waals surface area (Å²) in [7, 11) is 4.38. The molecule has 0 aromatic rings. The predicted octanol–water partition coefficient (Wildman–Crippen LogP) is 10.1. The molecule has 0 saturated heterocycles. The van der Waals surface area contributed by atoms with E-state index in [0.717, 1.165) is 12.8 Å². The van der Waals surface area contributed by atoms with Crippen LogP contribution >= 0.6 is 42.3 Å². The maximum atomic E-state index is 5.72. The molecule has 0 saturated carbocycles. The van der Waals surface area contributed by atoms with Crippen molar-refractivity contribution in [3.8, 4) is 0 Å². The summed E-state index contributed by atoms with van der Waals surface area (Å²) in [6, 6.07) is 0. The normalized spacial score (nSPS) is 11.7. The molecular formula is C22H44S4Sn. The molecule has 0 nitrogen and oxygen atoms in total. The molecule has 0 heterocycles. The first-order valence-corrected chi connectivity index (χ1v) is 24.9. The van der Waals surface area contributed by atoms with Gasteiger partial charge < -0.3 is 0 Å². The van der Waals surface area contributed by atoms with Gasteiger partial charge in [-0.15, -0.1) is 0 Å². The molecule has 0 atom stereocenters. The SMILES string of the molecule is CCCCCCC[CH2][Sn]([CH2]CCCCCCC)([S]C(=S)CC)[S]C(=S)CC. The van der Waals surface area contributed by atoms with Gasteiger partial charge >= 0.3 is 193 Å². The van der Waals surface area contributed by atoms with E-state index in [1.165, 1.54) is 94.3 Å². The third-order valence-electron chi connectivity index (χ3n) is 5.00. The van der Waals surface area contributed by atoms with Crippen molar-refractivity contribution in [2.75, 3.05) is 0 Å². The molecular weight excluding hydrogens is 511 g/mol. The van der Waals surface area contributed by atoms with E-state index in [0.29, 0.717) is 0 Å². The minimum absolute atomic E-state index is 1.05. The second kappa shape index (κ2) is 19.6. The van der Waals surface area contributed by atoms with Crippen molar-refractivity contribution < 1.29 is 0 Å². The first kappa shape index (κ1) is 28.7. The van der Waals surface area contributed by atoms with Crippen LogP contribution in [0.5, 0.6) is 0 Å². The number of hydrogen-bond acceptors (Lipinski definition) is 4. The Morgan fingerprint density at radius 1 is 0.556 bits per heavy atom. The van der Waals surface area contributed by atoms with Crippen LogP contribution in [-0.2, 0) is 0 Å². The van der Waals surface area contributed by atoms with Crippen LogP contribution in [0.2, 0.25) is 8.87 Å². The number of rotatable bonds is 18. The van der Waals surface area contributed by atoms with Crippen molar-refractivity contribution in [2.24, 2.45) is 0 Å². The summed E-state index contributed by atoms with van der Waals surface area (Å²) in [5.74, 6) is 0. The molecule has 0 unspecified atom stereocenters. The average molecular weight is 556 g/mol. The molecule has 0 bridgehead atoms. The fraction of sp³-hybridized carbons (Fsp3) is 0.909. The monoisotopic (exact) mass is 556 g/mol. The fourth-order valence-corrected chi connectivity index (χ4v) is 40.8. The van der Waals surface area contributed by atoms with Crippen molar-refractivity contribution in [1.29, 1.82) is 0 Å².